The van der Waals surface area contributed by atoms with Crippen molar-refractivity contribution >= 4 is 24.8 Å². The van der Waals surface area contributed by atoms with Gasteiger partial charge in [-0.25, -0.2) is 4.39 Å². The molecule has 4 aromatic rings. The Balaban J connectivity index is 0.00000212. The third-order valence-corrected chi connectivity index (χ3v) is 8.07. The van der Waals surface area contributed by atoms with Gasteiger partial charge in [-0.15, -0.1) is 29.9 Å². The zero-order valence-electron chi connectivity index (χ0n) is 23.3. The van der Waals surface area contributed by atoms with Gasteiger partial charge in [0.2, 0.25) is 0 Å². The Bertz CT molecular complexity index is 1440. The lowest BCUT2D eigenvalue weighted by molar-refractivity contribution is -0.146. The zero-order chi connectivity index (χ0) is 28.6. The molecule has 0 amide bonds. The molecule has 0 radical (unpaired) electrons. The van der Waals surface area contributed by atoms with Crippen molar-refractivity contribution in [3.63, 3.8) is 0 Å². The maximum atomic E-state index is 14.9. The second-order valence-corrected chi connectivity index (χ2v) is 10.7. The summed E-state index contributed by atoms with van der Waals surface area (Å²) in [5.74, 6) is -0.639. The Morgan fingerprint density at radius 2 is 1.56 bits per heavy atom. The van der Waals surface area contributed by atoms with Crippen LogP contribution in [-0.4, -0.2) is 75.0 Å². The van der Waals surface area contributed by atoms with E-state index in [2.05, 4.69) is 49.6 Å². The molecule has 2 aliphatic heterocycles. The van der Waals surface area contributed by atoms with E-state index < -0.39 is 18.2 Å². The number of nitrogens with zero attached hydrogens (tertiary/aromatic N) is 6. The number of benzene rings is 3. The predicted molar refractivity (Wildman–Crippen MR) is 159 cm³/mol. The molecule has 1 aromatic heterocycles. The van der Waals surface area contributed by atoms with Gasteiger partial charge in [-0.3, -0.25) is 9.80 Å². The van der Waals surface area contributed by atoms with Crippen molar-refractivity contribution < 1.29 is 22.3 Å². The Morgan fingerprint density at radius 1 is 0.907 bits per heavy atom. The largest absolute Gasteiger partial charge is 0.496 e. The van der Waals surface area contributed by atoms with Gasteiger partial charge in [0, 0.05) is 49.7 Å². The molecule has 0 saturated carbocycles. The molecular weight excluding hydrogens is 607 g/mol. The third-order valence-electron chi connectivity index (χ3n) is 8.07. The first-order chi connectivity index (χ1) is 19.8. The normalized spacial score (nSPS) is 20.7. The minimum atomic E-state index is -4.71. The fraction of sp³-hybridized carbons (Fsp3) is 0.367. The van der Waals surface area contributed by atoms with Gasteiger partial charge < -0.3 is 4.74 Å². The number of hydrogen-bond acceptors (Lipinski definition) is 6. The number of aromatic nitrogens is 4. The minimum Gasteiger partial charge on any atom is -0.496 e. The highest BCUT2D eigenvalue weighted by Gasteiger charge is 2.45. The molecule has 0 N–H and O–H groups in total. The van der Waals surface area contributed by atoms with E-state index >= 15 is 0 Å². The summed E-state index contributed by atoms with van der Waals surface area (Å²) in [7, 11) is 1.53. The van der Waals surface area contributed by atoms with Crippen LogP contribution in [0.5, 0.6) is 5.75 Å². The van der Waals surface area contributed by atoms with E-state index in [-0.39, 0.29) is 48.5 Å². The molecule has 2 saturated heterocycles. The lowest BCUT2D eigenvalue weighted by atomic mass is 9.82. The molecule has 2 aliphatic rings. The molecule has 2 fully saturated rings. The van der Waals surface area contributed by atoms with Crippen molar-refractivity contribution in [3.8, 4) is 11.4 Å². The summed E-state index contributed by atoms with van der Waals surface area (Å²) in [6.45, 7) is 2.08. The Kier molecular flexibility index (Phi) is 10.3. The smallest absolute Gasteiger partial charge is 0.453 e. The summed E-state index contributed by atoms with van der Waals surface area (Å²) in [5.41, 5.74) is 3.20. The first-order valence-electron chi connectivity index (χ1n) is 13.6. The van der Waals surface area contributed by atoms with E-state index in [1.165, 1.54) is 13.2 Å². The molecule has 3 aromatic carbocycles. The van der Waals surface area contributed by atoms with Crippen LogP contribution in [0.25, 0.3) is 5.69 Å². The van der Waals surface area contributed by atoms with E-state index in [0.29, 0.717) is 48.6 Å². The number of rotatable bonds is 7. The van der Waals surface area contributed by atoms with Gasteiger partial charge >= 0.3 is 6.18 Å². The van der Waals surface area contributed by atoms with Crippen molar-refractivity contribution in [2.24, 2.45) is 0 Å². The van der Waals surface area contributed by atoms with Crippen molar-refractivity contribution in [2.75, 3.05) is 26.7 Å². The highest BCUT2D eigenvalue weighted by molar-refractivity contribution is 5.85. The summed E-state index contributed by atoms with van der Waals surface area (Å²) >= 11 is 0. The van der Waals surface area contributed by atoms with Crippen LogP contribution in [-0.2, 0) is 12.7 Å². The Hall–Kier alpha value is -3.25. The van der Waals surface area contributed by atoms with Gasteiger partial charge in [0.25, 0.3) is 5.82 Å². The lowest BCUT2D eigenvalue weighted by Crippen LogP contribution is -2.58. The minimum absolute atomic E-state index is 0. The molecule has 3 heterocycles. The van der Waals surface area contributed by atoms with Crippen molar-refractivity contribution in [1.29, 1.82) is 0 Å². The predicted octanol–water partition coefficient (Wildman–Crippen LogP) is 5.96. The van der Waals surface area contributed by atoms with Gasteiger partial charge in [0.15, 0.2) is 0 Å². The van der Waals surface area contributed by atoms with Crippen molar-refractivity contribution in [1.82, 2.24) is 30.0 Å². The third kappa shape index (κ3) is 6.80. The number of piperazine rings is 1. The van der Waals surface area contributed by atoms with E-state index in [9.17, 15) is 17.6 Å². The second kappa shape index (κ2) is 13.6. The fourth-order valence-corrected chi connectivity index (χ4v) is 6.39. The number of hydrogen-bond donors (Lipinski definition) is 0. The van der Waals surface area contributed by atoms with E-state index in [4.69, 9.17) is 4.74 Å². The first-order valence-corrected chi connectivity index (χ1v) is 13.6. The molecule has 6 rings (SSSR count). The first kappa shape index (κ1) is 32.7. The summed E-state index contributed by atoms with van der Waals surface area (Å²) < 4.78 is 61.7. The van der Waals surface area contributed by atoms with Gasteiger partial charge in [-0.1, -0.05) is 60.7 Å². The zero-order valence-corrected chi connectivity index (χ0v) is 24.9. The van der Waals surface area contributed by atoms with E-state index in [0.717, 1.165) is 11.1 Å². The number of tetrazole rings is 1. The van der Waals surface area contributed by atoms with E-state index in [1.807, 2.05) is 36.4 Å². The quantitative estimate of drug-likeness (QED) is 0.233. The van der Waals surface area contributed by atoms with Crippen molar-refractivity contribution in [2.45, 2.75) is 43.3 Å². The van der Waals surface area contributed by atoms with Crippen LogP contribution in [0, 0.1) is 0 Å². The highest BCUT2D eigenvalue weighted by Crippen LogP contribution is 2.39. The van der Waals surface area contributed by atoms with Crippen LogP contribution in [0.3, 0.4) is 0 Å². The summed E-state index contributed by atoms with van der Waals surface area (Å²) in [4.78, 5) is 4.57. The molecular formula is C30H32Cl2F4N6O. The number of fused-ring (bicyclic) bond motifs is 1. The maximum absolute atomic E-state index is 14.9. The molecule has 13 heteroatoms. The van der Waals surface area contributed by atoms with Gasteiger partial charge in [0.05, 0.1) is 12.8 Å². The van der Waals surface area contributed by atoms with Crippen LogP contribution >= 0.6 is 24.8 Å². The Labute approximate surface area is 259 Å². The van der Waals surface area contributed by atoms with Crippen LogP contribution in [0.15, 0.2) is 78.9 Å². The average molecular weight is 640 g/mol. The molecule has 0 bridgehead atoms. The van der Waals surface area contributed by atoms with Crippen molar-refractivity contribution in [3.05, 3.63) is 101 Å². The highest BCUT2D eigenvalue weighted by atomic mass is 35.5. The SMILES string of the molecule is COc1ccc(-n2nnnc2C(F)(F)F)cc1CN1C[C@@H]2C[C@@H](F)CN2[C@H](C(c2ccccc2)c2ccccc2)C1.Cl.Cl. The van der Waals surface area contributed by atoms with Gasteiger partial charge in [0.1, 0.15) is 11.9 Å². The van der Waals surface area contributed by atoms with E-state index in [1.54, 1.807) is 12.1 Å². The summed E-state index contributed by atoms with van der Waals surface area (Å²) in [6.07, 6.45) is -5.17. The molecule has 7 nitrogen and oxygen atoms in total. The molecule has 3 atom stereocenters. The number of alkyl halides is 4. The summed E-state index contributed by atoms with van der Waals surface area (Å²) in [6, 6.07) is 25.3. The summed E-state index contributed by atoms with van der Waals surface area (Å²) in [5, 5.41) is 10.0. The van der Waals surface area contributed by atoms with Gasteiger partial charge in [-0.05, 0) is 46.2 Å². The Morgan fingerprint density at radius 3 is 2.16 bits per heavy atom. The second-order valence-electron chi connectivity index (χ2n) is 10.7. The standard InChI is InChI=1S/C30H30F4N6O.2ClH/c1-41-27-13-12-24(40-29(30(32,33)34)35-36-37-40)14-22(27)16-38-18-25-15-23(31)17-39(25)26(19-38)28(20-8-4-2-5-9-20)21-10-6-3-7-11-21;;/h2-14,23,25-26,28H,15-19H2,1H3;2*1H/t23-,25+,26+;;/m1../s1. The maximum Gasteiger partial charge on any atom is 0.453 e. The number of ether oxygens (including phenoxy) is 1. The lowest BCUT2D eigenvalue weighted by Gasteiger charge is -2.47. The average Bonchev–Trinajstić information content (AvgIpc) is 3.61. The monoisotopic (exact) mass is 638 g/mol. The number of methoxy groups -OCH3 is 1. The van der Waals surface area contributed by atoms with Crippen LogP contribution < -0.4 is 4.74 Å². The fourth-order valence-electron chi connectivity index (χ4n) is 6.39. The topological polar surface area (TPSA) is 59.3 Å². The van der Waals surface area contributed by atoms with Crippen LogP contribution in [0.1, 0.15) is 34.9 Å². The molecule has 230 valence electrons. The van der Waals surface area contributed by atoms with Crippen LogP contribution in [0.4, 0.5) is 17.6 Å². The van der Waals surface area contributed by atoms with Gasteiger partial charge in [-0.2, -0.15) is 17.9 Å². The van der Waals surface area contributed by atoms with Crippen LogP contribution in [0.2, 0.25) is 0 Å². The molecule has 43 heavy (non-hydrogen) atoms. The molecule has 0 unspecified atom stereocenters. The molecule has 0 aliphatic carbocycles. The number of halogens is 6. The molecule has 0 spiro atoms.